The first-order chi connectivity index (χ1) is 11.0. The number of piperazine rings is 1. The molecule has 3 nitrogen and oxygen atoms in total. The van der Waals surface area contributed by atoms with Gasteiger partial charge in [0, 0.05) is 39.3 Å². The zero-order valence-corrected chi connectivity index (χ0v) is 15.8. The van der Waals surface area contributed by atoms with Crippen LogP contribution in [0.2, 0.25) is 0 Å². The molecule has 0 aliphatic carbocycles. The summed E-state index contributed by atoms with van der Waals surface area (Å²) in [6, 6.07) is -0.551. The normalized spacial score (nSPS) is 28.0. The molecule has 2 heterocycles. The number of alkyl halides is 2. The topological polar surface area (TPSA) is 9.72 Å². The number of hydrogen-bond acceptors (Lipinski definition) is 3. The SMILES string of the molecule is CC.CCC(C)CN1CCC(N2CCN(CC)CC2)C(F)(F)C1. The Morgan fingerprint density at radius 3 is 2.09 bits per heavy atom. The third kappa shape index (κ3) is 5.95. The smallest absolute Gasteiger partial charge is 0.275 e. The Morgan fingerprint density at radius 2 is 1.61 bits per heavy atom. The van der Waals surface area contributed by atoms with Crippen molar-refractivity contribution < 1.29 is 8.78 Å². The molecule has 0 aromatic rings. The summed E-state index contributed by atoms with van der Waals surface area (Å²) >= 11 is 0. The quantitative estimate of drug-likeness (QED) is 0.763. The fourth-order valence-electron chi connectivity index (χ4n) is 3.57. The van der Waals surface area contributed by atoms with Gasteiger partial charge in [0.05, 0.1) is 12.6 Å². The Hall–Kier alpha value is -0.260. The molecule has 23 heavy (non-hydrogen) atoms. The summed E-state index contributed by atoms with van der Waals surface area (Å²) in [5.74, 6) is -2.06. The van der Waals surface area contributed by atoms with Crippen LogP contribution in [-0.4, -0.2) is 79.0 Å². The summed E-state index contributed by atoms with van der Waals surface area (Å²) < 4.78 is 29.1. The van der Waals surface area contributed by atoms with E-state index in [1.54, 1.807) is 0 Å². The molecular weight excluding hydrogens is 296 g/mol. The molecule has 2 aliphatic rings. The van der Waals surface area contributed by atoms with E-state index in [9.17, 15) is 8.78 Å². The first-order valence-corrected chi connectivity index (χ1v) is 9.52. The van der Waals surface area contributed by atoms with Crippen molar-refractivity contribution in [1.82, 2.24) is 14.7 Å². The molecule has 2 unspecified atom stereocenters. The molecule has 0 N–H and O–H groups in total. The second-order valence-electron chi connectivity index (χ2n) is 6.78. The lowest BCUT2D eigenvalue weighted by molar-refractivity contribution is -0.134. The minimum atomic E-state index is -2.57. The molecule has 0 amide bonds. The van der Waals surface area contributed by atoms with Crippen molar-refractivity contribution in [1.29, 1.82) is 0 Å². The van der Waals surface area contributed by atoms with E-state index in [0.29, 0.717) is 12.3 Å². The molecule has 0 aromatic carbocycles. The maximum Gasteiger partial charge on any atom is 0.275 e. The van der Waals surface area contributed by atoms with Crippen LogP contribution in [0.15, 0.2) is 0 Å². The van der Waals surface area contributed by atoms with E-state index < -0.39 is 12.0 Å². The highest BCUT2D eigenvalue weighted by molar-refractivity contribution is 4.94. The molecule has 0 saturated carbocycles. The lowest BCUT2D eigenvalue weighted by Gasteiger charge is -2.46. The molecule has 2 atom stereocenters. The van der Waals surface area contributed by atoms with Crippen LogP contribution in [-0.2, 0) is 0 Å². The highest BCUT2D eigenvalue weighted by Gasteiger charge is 2.47. The van der Waals surface area contributed by atoms with Crippen LogP contribution in [0.5, 0.6) is 0 Å². The minimum Gasteiger partial charge on any atom is -0.301 e. The Kier molecular flexibility index (Phi) is 8.94. The van der Waals surface area contributed by atoms with Crippen LogP contribution in [0.25, 0.3) is 0 Å². The molecule has 2 aliphatic heterocycles. The van der Waals surface area contributed by atoms with E-state index in [2.05, 4.69) is 25.7 Å². The Morgan fingerprint density at radius 1 is 1.00 bits per heavy atom. The molecule has 2 fully saturated rings. The Bertz CT molecular complexity index is 317. The fraction of sp³-hybridized carbons (Fsp3) is 1.00. The summed E-state index contributed by atoms with van der Waals surface area (Å²) in [6.07, 6.45) is 1.67. The highest BCUT2D eigenvalue weighted by atomic mass is 19.3. The minimum absolute atomic E-state index is 0.0595. The second-order valence-corrected chi connectivity index (χ2v) is 6.78. The average molecular weight is 334 g/mol. The summed E-state index contributed by atoms with van der Waals surface area (Å²) in [5.41, 5.74) is 0. The van der Waals surface area contributed by atoms with Crippen LogP contribution in [0, 0.1) is 5.92 Å². The van der Waals surface area contributed by atoms with Crippen LogP contribution >= 0.6 is 0 Å². The maximum atomic E-state index is 14.5. The lowest BCUT2D eigenvalue weighted by Crippen LogP contribution is -2.62. The molecule has 0 radical (unpaired) electrons. The van der Waals surface area contributed by atoms with E-state index in [0.717, 1.165) is 52.2 Å². The average Bonchev–Trinajstić information content (AvgIpc) is 2.56. The second kappa shape index (κ2) is 9.90. The van der Waals surface area contributed by atoms with Crippen LogP contribution in [0.3, 0.4) is 0 Å². The van der Waals surface area contributed by atoms with E-state index in [-0.39, 0.29) is 6.54 Å². The number of likely N-dealkylation sites (tertiary alicyclic amines) is 1. The molecule has 0 aromatic heterocycles. The summed E-state index contributed by atoms with van der Waals surface area (Å²) in [4.78, 5) is 6.34. The molecule has 2 rings (SSSR count). The third-order valence-electron chi connectivity index (χ3n) is 5.20. The standard InChI is InChI=1S/C16H31F2N3.C2H6/c1-4-14(3)12-20-7-6-15(16(17,18)13-20)21-10-8-19(5-2)9-11-21;1-2/h14-15H,4-13H2,1-3H3;1-2H3. The van der Waals surface area contributed by atoms with E-state index in [1.165, 1.54) is 0 Å². The first-order valence-electron chi connectivity index (χ1n) is 9.52. The highest BCUT2D eigenvalue weighted by Crippen LogP contribution is 2.32. The first kappa shape index (κ1) is 20.8. The van der Waals surface area contributed by atoms with Crippen molar-refractivity contribution in [2.75, 3.05) is 52.4 Å². The third-order valence-corrected chi connectivity index (χ3v) is 5.20. The van der Waals surface area contributed by atoms with Gasteiger partial charge in [0.1, 0.15) is 0 Å². The Balaban J connectivity index is 0.00000127. The molecule has 5 heteroatoms. The van der Waals surface area contributed by atoms with Gasteiger partial charge in [-0.25, -0.2) is 8.78 Å². The van der Waals surface area contributed by atoms with Crippen molar-refractivity contribution in [2.24, 2.45) is 5.92 Å². The predicted molar refractivity (Wildman–Crippen MR) is 94.3 cm³/mol. The van der Waals surface area contributed by atoms with E-state index in [4.69, 9.17) is 0 Å². The summed E-state index contributed by atoms with van der Waals surface area (Å²) in [5, 5.41) is 0. The molecule has 0 bridgehead atoms. The number of piperidine rings is 1. The molecule has 138 valence electrons. The summed E-state index contributed by atoms with van der Waals surface area (Å²) in [6.45, 7) is 16.4. The maximum absolute atomic E-state index is 14.5. The van der Waals surface area contributed by atoms with Crippen molar-refractivity contribution in [2.45, 2.75) is 59.4 Å². The van der Waals surface area contributed by atoms with Gasteiger partial charge in [-0.1, -0.05) is 41.0 Å². The predicted octanol–water partition coefficient (Wildman–Crippen LogP) is 3.41. The zero-order valence-electron chi connectivity index (χ0n) is 15.8. The molecular formula is C18H37F2N3. The number of rotatable bonds is 5. The lowest BCUT2D eigenvalue weighted by atomic mass is 9.96. The van der Waals surface area contributed by atoms with Gasteiger partial charge in [-0.3, -0.25) is 9.80 Å². The molecule has 2 saturated heterocycles. The van der Waals surface area contributed by atoms with Crippen molar-refractivity contribution in [3.63, 3.8) is 0 Å². The van der Waals surface area contributed by atoms with Gasteiger partial charge in [-0.15, -0.1) is 0 Å². The number of nitrogens with zero attached hydrogens (tertiary/aromatic N) is 3. The van der Waals surface area contributed by atoms with Gasteiger partial charge >= 0.3 is 0 Å². The van der Waals surface area contributed by atoms with Gasteiger partial charge < -0.3 is 4.90 Å². The van der Waals surface area contributed by atoms with Crippen molar-refractivity contribution >= 4 is 0 Å². The number of halogens is 2. The van der Waals surface area contributed by atoms with Crippen LogP contribution < -0.4 is 0 Å². The van der Waals surface area contributed by atoms with Gasteiger partial charge in [0.15, 0.2) is 0 Å². The Labute approximate surface area is 142 Å². The van der Waals surface area contributed by atoms with Crippen molar-refractivity contribution in [3.8, 4) is 0 Å². The largest absolute Gasteiger partial charge is 0.301 e. The summed E-state index contributed by atoms with van der Waals surface area (Å²) in [7, 11) is 0. The number of likely N-dealkylation sites (N-methyl/N-ethyl adjacent to an activating group) is 1. The van der Waals surface area contributed by atoms with E-state index >= 15 is 0 Å². The van der Waals surface area contributed by atoms with Gasteiger partial charge in [0.25, 0.3) is 5.92 Å². The van der Waals surface area contributed by atoms with Crippen LogP contribution in [0.4, 0.5) is 8.78 Å². The van der Waals surface area contributed by atoms with Gasteiger partial charge in [0.2, 0.25) is 0 Å². The van der Waals surface area contributed by atoms with Gasteiger partial charge in [-0.05, 0) is 18.9 Å². The van der Waals surface area contributed by atoms with Crippen LogP contribution in [0.1, 0.15) is 47.5 Å². The van der Waals surface area contributed by atoms with Gasteiger partial charge in [-0.2, -0.15) is 0 Å². The molecule has 0 spiro atoms. The number of hydrogen-bond donors (Lipinski definition) is 0. The van der Waals surface area contributed by atoms with Crippen molar-refractivity contribution in [3.05, 3.63) is 0 Å². The van der Waals surface area contributed by atoms with E-state index in [1.807, 2.05) is 23.6 Å². The fourth-order valence-corrected chi connectivity index (χ4v) is 3.57. The monoisotopic (exact) mass is 333 g/mol. The zero-order chi connectivity index (χ0) is 17.5.